The van der Waals surface area contributed by atoms with Gasteiger partial charge in [-0.05, 0) is 18.6 Å². The lowest BCUT2D eigenvalue weighted by Gasteiger charge is -2.02. The quantitative estimate of drug-likeness (QED) is 0.252. The maximum atomic E-state index is 11.2. The highest BCUT2D eigenvalue weighted by Gasteiger charge is 2.07. The molecule has 0 amide bonds. The number of ether oxygens (including phenoxy) is 1. The van der Waals surface area contributed by atoms with Crippen molar-refractivity contribution in [3.05, 3.63) is 47.0 Å². The molecular weight excluding hydrogens is 210 g/mol. The van der Waals surface area contributed by atoms with E-state index in [1.54, 1.807) is 6.08 Å². The monoisotopic (exact) mass is 221 g/mol. The van der Waals surface area contributed by atoms with Crippen molar-refractivity contribution in [2.24, 2.45) is 0 Å². The van der Waals surface area contributed by atoms with E-state index in [9.17, 15) is 14.9 Å². The van der Waals surface area contributed by atoms with Crippen molar-refractivity contribution in [1.29, 1.82) is 0 Å². The molecule has 84 valence electrons. The lowest BCUT2D eigenvalue weighted by molar-refractivity contribution is -0.384. The molecule has 0 atom stereocenters. The SMILES string of the molecule is C=CCCC(=O)Oc1ccc([N+](=O)[O-])cc1. The molecular formula is C11H11NO4. The summed E-state index contributed by atoms with van der Waals surface area (Å²) in [6, 6.07) is 5.36. The molecule has 1 aromatic carbocycles. The van der Waals surface area contributed by atoms with Gasteiger partial charge in [0.05, 0.1) is 4.92 Å². The molecule has 0 saturated heterocycles. The fraction of sp³-hybridized carbons (Fsp3) is 0.182. The normalized spacial score (nSPS) is 9.50. The highest BCUT2D eigenvalue weighted by Crippen LogP contribution is 2.17. The van der Waals surface area contributed by atoms with E-state index >= 15 is 0 Å². The second kappa shape index (κ2) is 5.65. The zero-order valence-electron chi connectivity index (χ0n) is 8.59. The van der Waals surface area contributed by atoms with Crippen LogP contribution in [0.25, 0.3) is 0 Å². The summed E-state index contributed by atoms with van der Waals surface area (Å²) >= 11 is 0. The molecule has 0 aromatic heterocycles. The number of nitro benzene ring substituents is 1. The molecule has 0 aliphatic carbocycles. The molecule has 0 spiro atoms. The number of hydrogen-bond donors (Lipinski definition) is 0. The van der Waals surface area contributed by atoms with E-state index < -0.39 is 4.92 Å². The average molecular weight is 221 g/mol. The van der Waals surface area contributed by atoms with Crippen LogP contribution in [0.4, 0.5) is 5.69 Å². The number of carbonyl (C=O) groups excluding carboxylic acids is 1. The predicted molar refractivity (Wildman–Crippen MR) is 58.2 cm³/mol. The van der Waals surface area contributed by atoms with Crippen molar-refractivity contribution in [3.8, 4) is 5.75 Å². The summed E-state index contributed by atoms with van der Waals surface area (Å²) in [5.74, 6) is -0.0755. The third-order valence-corrected chi connectivity index (χ3v) is 1.83. The van der Waals surface area contributed by atoms with Gasteiger partial charge in [-0.1, -0.05) is 6.08 Å². The fourth-order valence-electron chi connectivity index (χ4n) is 1.04. The zero-order chi connectivity index (χ0) is 12.0. The summed E-state index contributed by atoms with van der Waals surface area (Å²) in [5, 5.41) is 10.4. The van der Waals surface area contributed by atoms with Crippen LogP contribution in [0.15, 0.2) is 36.9 Å². The van der Waals surface area contributed by atoms with Gasteiger partial charge in [0.2, 0.25) is 0 Å². The molecule has 0 fully saturated rings. The molecule has 1 aromatic rings. The standard InChI is InChI=1S/C11H11NO4/c1-2-3-4-11(13)16-10-7-5-9(6-8-10)12(14)15/h2,5-8H,1,3-4H2. The molecule has 0 unspecified atom stereocenters. The summed E-state index contributed by atoms with van der Waals surface area (Å²) in [5.41, 5.74) is -0.0362. The maximum Gasteiger partial charge on any atom is 0.311 e. The number of nitrogens with zero attached hydrogens (tertiary/aromatic N) is 1. The number of rotatable bonds is 5. The first kappa shape index (κ1) is 11.9. The molecule has 16 heavy (non-hydrogen) atoms. The van der Waals surface area contributed by atoms with Crippen LogP contribution in [0.3, 0.4) is 0 Å². The van der Waals surface area contributed by atoms with Crippen LogP contribution in [0.5, 0.6) is 5.75 Å². The van der Waals surface area contributed by atoms with Crippen molar-refractivity contribution in [3.63, 3.8) is 0 Å². The first-order valence-corrected chi connectivity index (χ1v) is 4.69. The molecule has 0 radical (unpaired) electrons. The fourth-order valence-corrected chi connectivity index (χ4v) is 1.04. The minimum absolute atomic E-state index is 0.0362. The first-order valence-electron chi connectivity index (χ1n) is 4.69. The molecule has 0 heterocycles. The lowest BCUT2D eigenvalue weighted by Crippen LogP contribution is -2.06. The number of carbonyl (C=O) groups is 1. The largest absolute Gasteiger partial charge is 0.427 e. The Labute approximate surface area is 92.5 Å². The first-order chi connectivity index (χ1) is 7.63. The number of esters is 1. The van der Waals surface area contributed by atoms with Gasteiger partial charge >= 0.3 is 5.97 Å². The number of hydrogen-bond acceptors (Lipinski definition) is 4. The summed E-state index contributed by atoms with van der Waals surface area (Å²) in [6.07, 6.45) is 2.42. The second-order valence-corrected chi connectivity index (χ2v) is 3.05. The molecule has 0 saturated carbocycles. The van der Waals surface area contributed by atoms with Crippen LogP contribution in [0.1, 0.15) is 12.8 Å². The molecule has 0 bridgehead atoms. The van der Waals surface area contributed by atoms with Gasteiger partial charge in [-0.15, -0.1) is 6.58 Å². The van der Waals surface area contributed by atoms with Crippen molar-refractivity contribution in [2.45, 2.75) is 12.8 Å². The van der Waals surface area contributed by atoms with E-state index in [1.165, 1.54) is 24.3 Å². The average Bonchev–Trinajstić information content (AvgIpc) is 2.27. The number of allylic oxidation sites excluding steroid dienone is 1. The van der Waals surface area contributed by atoms with Gasteiger partial charge in [-0.3, -0.25) is 14.9 Å². The molecule has 0 aliphatic rings. The van der Waals surface area contributed by atoms with E-state index in [1.807, 2.05) is 0 Å². The Bertz CT molecular complexity index is 397. The minimum Gasteiger partial charge on any atom is -0.427 e. The highest BCUT2D eigenvalue weighted by molar-refractivity contribution is 5.72. The van der Waals surface area contributed by atoms with Crippen LogP contribution in [0, 0.1) is 10.1 Å². The zero-order valence-corrected chi connectivity index (χ0v) is 8.59. The van der Waals surface area contributed by atoms with Gasteiger partial charge in [-0.25, -0.2) is 0 Å². The summed E-state index contributed by atoms with van der Waals surface area (Å²) in [4.78, 5) is 21.0. The number of benzene rings is 1. The minimum atomic E-state index is -0.511. The van der Waals surface area contributed by atoms with E-state index in [2.05, 4.69) is 6.58 Å². The molecule has 5 heteroatoms. The van der Waals surface area contributed by atoms with Crippen LogP contribution in [-0.4, -0.2) is 10.9 Å². The van der Waals surface area contributed by atoms with Crippen LogP contribution in [-0.2, 0) is 4.79 Å². The third kappa shape index (κ3) is 3.53. The van der Waals surface area contributed by atoms with Gasteiger partial charge in [0.1, 0.15) is 5.75 Å². The summed E-state index contributed by atoms with van der Waals surface area (Å²) in [7, 11) is 0. The van der Waals surface area contributed by atoms with Gasteiger partial charge in [0.25, 0.3) is 5.69 Å². The molecule has 0 aliphatic heterocycles. The van der Waals surface area contributed by atoms with Crippen LogP contribution in [0.2, 0.25) is 0 Å². The van der Waals surface area contributed by atoms with Crippen molar-refractivity contribution in [2.75, 3.05) is 0 Å². The van der Waals surface area contributed by atoms with E-state index in [0.29, 0.717) is 12.2 Å². The van der Waals surface area contributed by atoms with Crippen molar-refractivity contribution in [1.82, 2.24) is 0 Å². The predicted octanol–water partition coefficient (Wildman–Crippen LogP) is 2.47. The van der Waals surface area contributed by atoms with Gasteiger partial charge in [0, 0.05) is 18.6 Å². The maximum absolute atomic E-state index is 11.2. The van der Waals surface area contributed by atoms with Crippen LogP contribution >= 0.6 is 0 Å². The number of nitro groups is 1. The Morgan fingerprint density at radius 3 is 2.56 bits per heavy atom. The van der Waals surface area contributed by atoms with E-state index in [-0.39, 0.29) is 18.1 Å². The van der Waals surface area contributed by atoms with E-state index in [0.717, 1.165) is 0 Å². The Balaban J connectivity index is 2.58. The van der Waals surface area contributed by atoms with Crippen molar-refractivity contribution >= 4 is 11.7 Å². The highest BCUT2D eigenvalue weighted by atomic mass is 16.6. The Hall–Kier alpha value is -2.17. The summed E-state index contributed by atoms with van der Waals surface area (Å²) < 4.78 is 4.94. The van der Waals surface area contributed by atoms with Gasteiger partial charge < -0.3 is 4.74 Å². The third-order valence-electron chi connectivity index (χ3n) is 1.83. The van der Waals surface area contributed by atoms with Gasteiger partial charge in [0.15, 0.2) is 0 Å². The Morgan fingerprint density at radius 1 is 1.44 bits per heavy atom. The smallest absolute Gasteiger partial charge is 0.311 e. The molecule has 0 N–H and O–H groups in total. The molecule has 5 nitrogen and oxygen atoms in total. The lowest BCUT2D eigenvalue weighted by atomic mass is 10.3. The van der Waals surface area contributed by atoms with Crippen LogP contribution < -0.4 is 4.74 Å². The van der Waals surface area contributed by atoms with Crippen molar-refractivity contribution < 1.29 is 14.5 Å². The van der Waals surface area contributed by atoms with Gasteiger partial charge in [-0.2, -0.15) is 0 Å². The number of non-ortho nitro benzene ring substituents is 1. The second-order valence-electron chi connectivity index (χ2n) is 3.05. The molecule has 1 rings (SSSR count). The topological polar surface area (TPSA) is 69.4 Å². The Kier molecular flexibility index (Phi) is 4.20. The summed E-state index contributed by atoms with van der Waals surface area (Å²) in [6.45, 7) is 3.49. The Morgan fingerprint density at radius 2 is 2.06 bits per heavy atom. The van der Waals surface area contributed by atoms with E-state index in [4.69, 9.17) is 4.74 Å².